The summed E-state index contributed by atoms with van der Waals surface area (Å²) in [5, 5.41) is 0. The molecule has 4 fully saturated rings. The van der Waals surface area contributed by atoms with E-state index in [1.807, 2.05) is 24.3 Å². The zero-order valence-electron chi connectivity index (χ0n) is 12.8. The van der Waals surface area contributed by atoms with Crippen LogP contribution in [0.15, 0.2) is 24.3 Å². The van der Waals surface area contributed by atoms with Crippen molar-refractivity contribution in [2.45, 2.75) is 49.1 Å². The van der Waals surface area contributed by atoms with Crippen molar-refractivity contribution in [3.8, 4) is 5.75 Å². The van der Waals surface area contributed by atoms with Crippen molar-refractivity contribution in [2.75, 3.05) is 13.7 Å². The highest BCUT2D eigenvalue weighted by atomic mass is 16.8. The number of ether oxygens (including phenoxy) is 5. The summed E-state index contributed by atoms with van der Waals surface area (Å²) in [6, 6.07) is 7.78. The van der Waals surface area contributed by atoms with Crippen molar-refractivity contribution in [2.24, 2.45) is 0 Å². The van der Waals surface area contributed by atoms with Crippen LogP contribution in [-0.4, -0.2) is 49.7 Å². The molecule has 0 amide bonds. The highest BCUT2D eigenvalue weighted by Gasteiger charge is 2.71. The molecule has 122 valence electrons. The van der Waals surface area contributed by atoms with Gasteiger partial charge in [-0.15, -0.1) is 0 Å². The van der Waals surface area contributed by atoms with E-state index in [0.29, 0.717) is 6.61 Å². The summed E-state index contributed by atoms with van der Waals surface area (Å²) in [7, 11) is 1.64. The van der Waals surface area contributed by atoms with Crippen molar-refractivity contribution in [1.82, 2.24) is 0 Å². The molecule has 6 atom stereocenters. The minimum absolute atomic E-state index is 0.0790. The smallest absolute Gasteiger partial charge is 0.225 e. The normalized spacial score (nSPS) is 44.2. The molecule has 0 radical (unpaired) electrons. The third kappa shape index (κ3) is 1.92. The monoisotopic (exact) mass is 318 g/mol. The first-order valence-corrected chi connectivity index (χ1v) is 8.00. The Labute approximate surface area is 133 Å². The van der Waals surface area contributed by atoms with Crippen LogP contribution in [0.3, 0.4) is 0 Å². The maximum atomic E-state index is 12.0. The number of hydrogen-bond donors (Lipinski definition) is 0. The molecule has 3 aliphatic heterocycles. The molecular weight excluding hydrogens is 300 g/mol. The summed E-state index contributed by atoms with van der Waals surface area (Å²) in [5.74, 6) is -0.0195. The Morgan fingerprint density at radius 2 is 2.00 bits per heavy atom. The second kappa shape index (κ2) is 4.77. The highest BCUT2D eigenvalue weighted by molar-refractivity contribution is 5.88. The van der Waals surface area contributed by atoms with Crippen molar-refractivity contribution in [3.63, 3.8) is 0 Å². The molecule has 1 aliphatic carbocycles. The number of fused-ring (bicyclic) bond motifs is 2. The number of hydrogen-bond acceptors (Lipinski definition) is 6. The molecule has 6 nitrogen and oxygen atoms in total. The van der Waals surface area contributed by atoms with E-state index in [1.54, 1.807) is 7.11 Å². The summed E-state index contributed by atoms with van der Waals surface area (Å²) in [4.78, 5) is 12.0. The van der Waals surface area contributed by atoms with E-state index >= 15 is 0 Å². The Balaban J connectivity index is 1.47. The SMILES string of the molecule is COc1ccc([C@@H]2O[C@H]3CC(=O)[C@@H]4O[C@@H]4[C@]34OCC[C@H]2O4)cc1. The number of carbonyl (C=O) groups excluding carboxylic acids is 1. The van der Waals surface area contributed by atoms with Gasteiger partial charge in [0.05, 0.1) is 19.8 Å². The Bertz CT molecular complexity index is 643. The first-order chi connectivity index (χ1) is 11.2. The fraction of sp³-hybridized carbons (Fsp3) is 0.588. The number of carbonyl (C=O) groups is 1. The van der Waals surface area contributed by atoms with Gasteiger partial charge in [-0.2, -0.15) is 0 Å². The minimum atomic E-state index is -0.898. The molecule has 0 N–H and O–H groups in total. The number of epoxide rings is 1. The van der Waals surface area contributed by atoms with Crippen LogP contribution in [0.25, 0.3) is 0 Å². The highest BCUT2D eigenvalue weighted by Crippen LogP contribution is 2.53. The van der Waals surface area contributed by atoms with Gasteiger partial charge in [-0.1, -0.05) is 12.1 Å². The molecule has 1 aromatic rings. The molecule has 1 saturated carbocycles. The predicted octanol–water partition coefficient (Wildman–Crippen LogP) is 1.38. The second-order valence-corrected chi connectivity index (χ2v) is 6.48. The molecule has 1 spiro atoms. The summed E-state index contributed by atoms with van der Waals surface area (Å²) in [5.41, 5.74) is 1.03. The summed E-state index contributed by atoms with van der Waals surface area (Å²) in [6.07, 6.45) is -0.351. The van der Waals surface area contributed by atoms with Crippen LogP contribution < -0.4 is 4.74 Å². The first-order valence-electron chi connectivity index (χ1n) is 8.00. The van der Waals surface area contributed by atoms with Crippen LogP contribution in [0.1, 0.15) is 24.5 Å². The van der Waals surface area contributed by atoms with Gasteiger partial charge in [-0.25, -0.2) is 0 Å². The maximum absolute atomic E-state index is 12.0. The average Bonchev–Trinajstić information content (AvgIpc) is 3.39. The topological polar surface area (TPSA) is 66.5 Å². The van der Waals surface area contributed by atoms with Crippen LogP contribution in [0.5, 0.6) is 5.75 Å². The summed E-state index contributed by atoms with van der Waals surface area (Å²) in [6.45, 7) is 0.595. The fourth-order valence-corrected chi connectivity index (χ4v) is 3.98. The van der Waals surface area contributed by atoms with Crippen molar-refractivity contribution >= 4 is 5.78 Å². The Kier molecular flexibility index (Phi) is 2.89. The Morgan fingerprint density at radius 3 is 2.78 bits per heavy atom. The Morgan fingerprint density at radius 1 is 1.17 bits per heavy atom. The second-order valence-electron chi connectivity index (χ2n) is 6.48. The first kappa shape index (κ1) is 13.9. The lowest BCUT2D eigenvalue weighted by molar-refractivity contribution is -0.399. The lowest BCUT2D eigenvalue weighted by atomic mass is 9.86. The van der Waals surface area contributed by atoms with E-state index in [-0.39, 0.29) is 36.6 Å². The molecule has 23 heavy (non-hydrogen) atoms. The van der Waals surface area contributed by atoms with Gasteiger partial charge in [0.25, 0.3) is 0 Å². The van der Waals surface area contributed by atoms with Gasteiger partial charge in [0.2, 0.25) is 5.79 Å². The van der Waals surface area contributed by atoms with Crippen LogP contribution in [-0.2, 0) is 23.7 Å². The van der Waals surface area contributed by atoms with Gasteiger partial charge in [0.15, 0.2) is 5.78 Å². The third-order valence-electron chi connectivity index (χ3n) is 5.20. The quantitative estimate of drug-likeness (QED) is 0.768. The van der Waals surface area contributed by atoms with Crippen molar-refractivity contribution in [1.29, 1.82) is 0 Å². The van der Waals surface area contributed by atoms with Crippen molar-refractivity contribution in [3.05, 3.63) is 29.8 Å². The van der Waals surface area contributed by atoms with Crippen molar-refractivity contribution < 1.29 is 28.5 Å². The number of benzene rings is 1. The van der Waals surface area contributed by atoms with Gasteiger partial charge in [0.1, 0.15) is 30.2 Å². The van der Waals surface area contributed by atoms with E-state index in [2.05, 4.69) is 0 Å². The third-order valence-corrected chi connectivity index (χ3v) is 5.20. The summed E-state index contributed by atoms with van der Waals surface area (Å²) < 4.78 is 29.2. The van der Waals surface area contributed by atoms with Gasteiger partial charge >= 0.3 is 0 Å². The van der Waals surface area contributed by atoms with Crippen LogP contribution in [0, 0.1) is 0 Å². The lowest BCUT2D eigenvalue weighted by Gasteiger charge is -2.52. The van der Waals surface area contributed by atoms with Crippen LogP contribution >= 0.6 is 0 Å². The fourth-order valence-electron chi connectivity index (χ4n) is 3.98. The Hall–Kier alpha value is -1.47. The van der Waals surface area contributed by atoms with Gasteiger partial charge in [-0.05, 0) is 17.7 Å². The molecular formula is C17H18O6. The molecule has 2 bridgehead atoms. The van der Waals surface area contributed by atoms with Gasteiger partial charge in [-0.3, -0.25) is 4.79 Å². The molecule has 3 saturated heterocycles. The van der Waals surface area contributed by atoms with Gasteiger partial charge in [0, 0.05) is 12.8 Å². The predicted molar refractivity (Wildman–Crippen MR) is 77.1 cm³/mol. The zero-order valence-corrected chi connectivity index (χ0v) is 12.8. The standard InChI is InChI=1S/C17H18O6/c1-19-10-4-2-9(3-5-10)14-12-6-7-20-17(23-12)13(21-14)8-11(18)15-16(17)22-15/h2-5,12-16H,6-8H2,1H3/t12-,13+,14+,15+,16+,17+/m1/s1. The van der Waals surface area contributed by atoms with E-state index in [9.17, 15) is 4.79 Å². The largest absolute Gasteiger partial charge is 0.497 e. The number of methoxy groups -OCH3 is 1. The molecule has 1 aromatic carbocycles. The van der Waals surface area contributed by atoms with Crippen LogP contribution in [0.2, 0.25) is 0 Å². The molecule has 4 aliphatic rings. The zero-order chi connectivity index (χ0) is 15.6. The van der Waals surface area contributed by atoms with E-state index in [0.717, 1.165) is 17.7 Å². The molecule has 3 heterocycles. The molecule has 0 unspecified atom stereocenters. The minimum Gasteiger partial charge on any atom is -0.497 e. The average molecular weight is 318 g/mol. The molecule has 5 rings (SSSR count). The number of rotatable bonds is 2. The van der Waals surface area contributed by atoms with E-state index in [4.69, 9.17) is 23.7 Å². The van der Waals surface area contributed by atoms with E-state index in [1.165, 1.54) is 0 Å². The molecule has 0 aromatic heterocycles. The summed E-state index contributed by atoms with van der Waals surface area (Å²) >= 11 is 0. The number of ketones is 1. The number of Topliss-reactive ketones (excluding diaryl/α,β-unsaturated/α-hetero) is 1. The molecule has 6 heteroatoms. The van der Waals surface area contributed by atoms with Crippen LogP contribution in [0.4, 0.5) is 0 Å². The lowest BCUT2D eigenvalue weighted by Crippen LogP contribution is -2.66. The van der Waals surface area contributed by atoms with E-state index < -0.39 is 11.9 Å². The van der Waals surface area contributed by atoms with Gasteiger partial charge < -0.3 is 23.7 Å². The maximum Gasteiger partial charge on any atom is 0.225 e.